The smallest absolute Gasteiger partial charge is 0.304 e. The Hall–Kier alpha value is -1.10. The first-order valence-electron chi connectivity index (χ1n) is 6.31. The van der Waals surface area contributed by atoms with Crippen LogP contribution in [0.3, 0.4) is 0 Å². The highest BCUT2D eigenvalue weighted by atomic mass is 16.7. The number of nitrogens with zero attached hydrogens (tertiary/aromatic N) is 1. The van der Waals surface area contributed by atoms with Crippen molar-refractivity contribution in [1.29, 1.82) is 0 Å². The average molecular weight is 241 g/mol. The molecule has 2 rings (SSSR count). The van der Waals surface area contributed by atoms with Crippen LogP contribution in [0.5, 0.6) is 0 Å². The highest BCUT2D eigenvalue weighted by molar-refractivity contribution is 5.86. The molecule has 0 atom stereocenters. The Morgan fingerprint density at radius 2 is 1.88 bits per heavy atom. The fourth-order valence-electron chi connectivity index (χ4n) is 2.83. The van der Waals surface area contributed by atoms with E-state index in [4.69, 9.17) is 9.94 Å². The van der Waals surface area contributed by atoms with Gasteiger partial charge in [-0.25, -0.2) is 5.06 Å². The van der Waals surface area contributed by atoms with E-state index < -0.39 is 11.4 Å². The zero-order valence-corrected chi connectivity index (χ0v) is 9.98. The molecular weight excluding hydrogens is 222 g/mol. The first-order chi connectivity index (χ1) is 8.14. The fourth-order valence-corrected chi connectivity index (χ4v) is 2.83. The Labute approximate surface area is 101 Å². The fraction of sp³-hybridized carbons (Fsp3) is 0.833. The van der Waals surface area contributed by atoms with Gasteiger partial charge >= 0.3 is 5.97 Å². The van der Waals surface area contributed by atoms with Crippen LogP contribution in [0.15, 0.2) is 0 Å². The summed E-state index contributed by atoms with van der Waals surface area (Å²) in [6.07, 6.45) is 5.08. The second kappa shape index (κ2) is 5.04. The summed E-state index contributed by atoms with van der Waals surface area (Å²) in [7, 11) is 0. The Balaban J connectivity index is 2.09. The third-order valence-electron chi connectivity index (χ3n) is 3.73. The van der Waals surface area contributed by atoms with E-state index in [0.717, 1.165) is 25.7 Å². The molecule has 5 nitrogen and oxygen atoms in total. The van der Waals surface area contributed by atoms with Crippen LogP contribution in [-0.2, 0) is 14.4 Å². The number of carboxylic acid groups (broad SMARTS) is 1. The molecular formula is C12H19NO4. The molecule has 1 N–H and O–H groups in total. The average Bonchev–Trinajstić information content (AvgIpc) is 2.78. The van der Waals surface area contributed by atoms with Gasteiger partial charge < -0.3 is 5.11 Å². The molecule has 2 fully saturated rings. The molecule has 1 aliphatic carbocycles. The van der Waals surface area contributed by atoms with E-state index in [2.05, 4.69) is 0 Å². The summed E-state index contributed by atoms with van der Waals surface area (Å²) >= 11 is 0. The van der Waals surface area contributed by atoms with Gasteiger partial charge in [-0.05, 0) is 25.7 Å². The molecule has 0 radical (unpaired) electrons. The highest BCUT2D eigenvalue weighted by Crippen LogP contribution is 2.43. The van der Waals surface area contributed by atoms with Gasteiger partial charge in [0, 0.05) is 6.54 Å². The van der Waals surface area contributed by atoms with Crippen molar-refractivity contribution < 1.29 is 19.5 Å². The molecule has 1 saturated carbocycles. The summed E-state index contributed by atoms with van der Waals surface area (Å²) < 4.78 is 0. The summed E-state index contributed by atoms with van der Waals surface area (Å²) in [5.74, 6) is -1.01. The number of carbonyl (C=O) groups is 2. The van der Waals surface area contributed by atoms with E-state index in [-0.39, 0.29) is 12.3 Å². The zero-order chi connectivity index (χ0) is 12.3. The van der Waals surface area contributed by atoms with Crippen molar-refractivity contribution in [3.63, 3.8) is 0 Å². The predicted molar refractivity (Wildman–Crippen MR) is 60.1 cm³/mol. The maximum atomic E-state index is 12.4. The normalized spacial score (nSPS) is 23.6. The summed E-state index contributed by atoms with van der Waals surface area (Å²) in [5, 5.41) is 10.4. The number of carbonyl (C=O) groups excluding carboxylic acids is 1. The molecule has 96 valence electrons. The van der Waals surface area contributed by atoms with Gasteiger partial charge in [-0.1, -0.05) is 12.8 Å². The Morgan fingerprint density at radius 3 is 2.41 bits per heavy atom. The van der Waals surface area contributed by atoms with E-state index in [0.29, 0.717) is 26.0 Å². The van der Waals surface area contributed by atoms with Crippen molar-refractivity contribution in [2.24, 2.45) is 5.41 Å². The highest BCUT2D eigenvalue weighted by Gasteiger charge is 2.45. The van der Waals surface area contributed by atoms with Gasteiger partial charge in [-0.15, -0.1) is 0 Å². The topological polar surface area (TPSA) is 66.8 Å². The number of hydrogen-bond acceptors (Lipinski definition) is 3. The molecule has 0 aromatic heterocycles. The molecule has 1 heterocycles. The standard InChI is InChI=1S/C12H19NO4/c14-10(15)9-12(5-1-2-6-12)11(16)13-7-3-4-8-17-13/h1-9H2,(H,14,15). The van der Waals surface area contributed by atoms with Crippen LogP contribution in [0.25, 0.3) is 0 Å². The number of aliphatic carboxylic acids is 1. The Morgan fingerprint density at radius 1 is 1.18 bits per heavy atom. The molecule has 0 unspecified atom stereocenters. The second-order valence-corrected chi connectivity index (χ2v) is 5.01. The molecule has 1 aliphatic heterocycles. The molecule has 0 spiro atoms. The summed E-state index contributed by atoms with van der Waals surface area (Å²) in [6.45, 7) is 1.16. The quantitative estimate of drug-likeness (QED) is 0.814. The number of carboxylic acids is 1. The van der Waals surface area contributed by atoms with Crippen LogP contribution >= 0.6 is 0 Å². The van der Waals surface area contributed by atoms with Gasteiger partial charge in [0.05, 0.1) is 18.4 Å². The minimum Gasteiger partial charge on any atom is -0.481 e. The van der Waals surface area contributed by atoms with Crippen LogP contribution in [0, 0.1) is 5.41 Å². The van der Waals surface area contributed by atoms with E-state index >= 15 is 0 Å². The first-order valence-corrected chi connectivity index (χ1v) is 6.31. The van der Waals surface area contributed by atoms with Crippen molar-refractivity contribution in [3.8, 4) is 0 Å². The van der Waals surface area contributed by atoms with Crippen LogP contribution in [0.1, 0.15) is 44.9 Å². The van der Waals surface area contributed by atoms with E-state index in [1.807, 2.05) is 0 Å². The second-order valence-electron chi connectivity index (χ2n) is 5.01. The van der Waals surface area contributed by atoms with Gasteiger partial charge in [-0.2, -0.15) is 0 Å². The molecule has 0 bridgehead atoms. The lowest BCUT2D eigenvalue weighted by molar-refractivity contribution is -0.208. The van der Waals surface area contributed by atoms with Gasteiger partial charge in [0.15, 0.2) is 0 Å². The maximum absolute atomic E-state index is 12.4. The molecule has 2 aliphatic rings. The van der Waals surface area contributed by atoms with Crippen molar-refractivity contribution in [1.82, 2.24) is 5.06 Å². The van der Waals surface area contributed by atoms with Gasteiger partial charge in [0.25, 0.3) is 5.91 Å². The van der Waals surface area contributed by atoms with Gasteiger partial charge in [0.1, 0.15) is 0 Å². The van der Waals surface area contributed by atoms with Crippen LogP contribution < -0.4 is 0 Å². The molecule has 0 aromatic rings. The molecule has 0 aromatic carbocycles. The van der Waals surface area contributed by atoms with E-state index in [1.165, 1.54) is 5.06 Å². The molecule has 17 heavy (non-hydrogen) atoms. The van der Waals surface area contributed by atoms with Crippen molar-refractivity contribution in [2.75, 3.05) is 13.2 Å². The first kappa shape index (κ1) is 12.4. The van der Waals surface area contributed by atoms with Crippen LogP contribution in [0.4, 0.5) is 0 Å². The van der Waals surface area contributed by atoms with Crippen molar-refractivity contribution in [3.05, 3.63) is 0 Å². The third-order valence-corrected chi connectivity index (χ3v) is 3.73. The van der Waals surface area contributed by atoms with E-state index in [1.54, 1.807) is 0 Å². The zero-order valence-electron chi connectivity index (χ0n) is 9.98. The number of hydroxylamine groups is 2. The lowest BCUT2D eigenvalue weighted by Gasteiger charge is -2.34. The largest absolute Gasteiger partial charge is 0.481 e. The number of hydrogen-bond donors (Lipinski definition) is 1. The minimum atomic E-state index is -0.891. The lowest BCUT2D eigenvalue weighted by Crippen LogP contribution is -2.45. The maximum Gasteiger partial charge on any atom is 0.304 e. The predicted octanol–water partition coefficient (Wildman–Crippen LogP) is 1.58. The Kier molecular flexibility index (Phi) is 3.66. The van der Waals surface area contributed by atoms with Gasteiger partial charge in [-0.3, -0.25) is 14.4 Å². The Bertz CT molecular complexity index is 304. The van der Waals surface area contributed by atoms with Crippen molar-refractivity contribution >= 4 is 11.9 Å². The summed E-state index contributed by atoms with van der Waals surface area (Å²) in [5.41, 5.74) is -0.705. The molecule has 5 heteroatoms. The molecule has 1 amide bonds. The minimum absolute atomic E-state index is 0.0638. The van der Waals surface area contributed by atoms with E-state index in [9.17, 15) is 9.59 Å². The van der Waals surface area contributed by atoms with Crippen molar-refractivity contribution in [2.45, 2.75) is 44.9 Å². The summed E-state index contributed by atoms with van der Waals surface area (Å²) in [4.78, 5) is 28.7. The molecule has 1 saturated heterocycles. The monoisotopic (exact) mass is 241 g/mol. The van der Waals surface area contributed by atoms with Crippen LogP contribution in [-0.4, -0.2) is 35.2 Å². The number of rotatable bonds is 3. The van der Waals surface area contributed by atoms with Gasteiger partial charge in [0.2, 0.25) is 0 Å². The summed E-state index contributed by atoms with van der Waals surface area (Å²) in [6, 6.07) is 0. The lowest BCUT2D eigenvalue weighted by atomic mass is 9.81. The SMILES string of the molecule is O=C(O)CC1(C(=O)N2CCCCO2)CCCC1. The third kappa shape index (κ3) is 2.60. The number of amides is 1. The van der Waals surface area contributed by atoms with Crippen LogP contribution in [0.2, 0.25) is 0 Å².